The van der Waals surface area contributed by atoms with Gasteiger partial charge in [-0.15, -0.1) is 0 Å². The van der Waals surface area contributed by atoms with Gasteiger partial charge in [0.25, 0.3) is 0 Å². The summed E-state index contributed by atoms with van der Waals surface area (Å²) >= 11 is 0. The van der Waals surface area contributed by atoms with Gasteiger partial charge < -0.3 is 14.6 Å². The molecule has 0 amide bonds. The summed E-state index contributed by atoms with van der Waals surface area (Å²) in [6.45, 7) is 8.01. The van der Waals surface area contributed by atoms with Gasteiger partial charge in [-0.3, -0.25) is 0 Å². The molecule has 2 aromatic carbocycles. The fraction of sp³-hybridized carbons (Fsp3) is 0.267. The fourth-order valence-electron chi connectivity index (χ4n) is 2.18. The van der Waals surface area contributed by atoms with Crippen molar-refractivity contribution < 1.29 is 19.4 Å². The van der Waals surface area contributed by atoms with E-state index >= 15 is 0 Å². The largest absolute Gasteiger partial charge is 0.544 e. The average molecular weight is 290 g/mol. The zero-order chi connectivity index (χ0) is 15.1. The minimum Gasteiger partial charge on any atom is -0.544 e. The molecule has 5 heteroatoms. The Bertz CT molecular complexity index is 686. The molecule has 0 radical (unpaired) electrons. The van der Waals surface area contributed by atoms with Gasteiger partial charge in [0.1, 0.15) is 17.1 Å². The minimum atomic E-state index is -1.89. The SMILES string of the molecule is Cc1cccc2c(O)c(C(=O)O)cc(O[Si](C)(C)C)c12. The lowest BCUT2D eigenvalue weighted by molar-refractivity contribution is 0.0693. The smallest absolute Gasteiger partial charge is 0.339 e. The number of carboxylic acids is 1. The number of hydrogen-bond donors (Lipinski definition) is 2. The summed E-state index contributed by atoms with van der Waals surface area (Å²) in [6, 6.07) is 6.84. The summed E-state index contributed by atoms with van der Waals surface area (Å²) in [7, 11) is -1.89. The highest BCUT2D eigenvalue weighted by atomic mass is 28.4. The number of aromatic hydroxyl groups is 1. The predicted octanol–water partition coefficient (Wildman–Crippen LogP) is 3.77. The molecule has 0 aliphatic heterocycles. The Morgan fingerprint density at radius 1 is 1.25 bits per heavy atom. The monoisotopic (exact) mass is 290 g/mol. The highest BCUT2D eigenvalue weighted by Gasteiger charge is 2.22. The Hall–Kier alpha value is -2.01. The van der Waals surface area contributed by atoms with Gasteiger partial charge >= 0.3 is 5.97 Å². The van der Waals surface area contributed by atoms with Crippen LogP contribution in [0.4, 0.5) is 0 Å². The third-order valence-corrected chi connectivity index (χ3v) is 3.78. The maximum atomic E-state index is 11.3. The molecular weight excluding hydrogens is 272 g/mol. The van der Waals surface area contributed by atoms with Gasteiger partial charge in [-0.2, -0.15) is 0 Å². The molecule has 20 heavy (non-hydrogen) atoms. The number of aryl methyl sites for hydroxylation is 1. The lowest BCUT2D eigenvalue weighted by Gasteiger charge is -2.22. The van der Waals surface area contributed by atoms with Gasteiger partial charge in [0, 0.05) is 10.8 Å². The first-order valence-corrected chi connectivity index (χ1v) is 9.79. The number of carbonyl (C=O) groups is 1. The van der Waals surface area contributed by atoms with Gasteiger partial charge in [0.2, 0.25) is 8.32 Å². The van der Waals surface area contributed by atoms with Crippen LogP contribution in [-0.4, -0.2) is 24.5 Å². The summed E-state index contributed by atoms with van der Waals surface area (Å²) < 4.78 is 6.01. The van der Waals surface area contributed by atoms with Crippen molar-refractivity contribution in [1.82, 2.24) is 0 Å². The number of phenols is 1. The molecule has 0 saturated heterocycles. The third-order valence-electron chi connectivity index (χ3n) is 2.95. The van der Waals surface area contributed by atoms with Crippen molar-refractivity contribution in [1.29, 1.82) is 0 Å². The number of hydrogen-bond acceptors (Lipinski definition) is 3. The lowest BCUT2D eigenvalue weighted by atomic mass is 10.0. The Balaban J connectivity index is 2.84. The van der Waals surface area contributed by atoms with E-state index in [0.717, 1.165) is 10.9 Å². The molecule has 2 aromatic rings. The molecule has 2 N–H and O–H groups in total. The highest BCUT2D eigenvalue weighted by molar-refractivity contribution is 6.70. The first-order valence-electron chi connectivity index (χ1n) is 6.38. The van der Waals surface area contributed by atoms with Crippen LogP contribution in [0.25, 0.3) is 10.8 Å². The van der Waals surface area contributed by atoms with Gasteiger partial charge in [-0.25, -0.2) is 4.79 Å². The first-order chi connectivity index (χ1) is 9.20. The normalized spacial score (nSPS) is 11.6. The van der Waals surface area contributed by atoms with Crippen LogP contribution in [0.15, 0.2) is 24.3 Å². The van der Waals surface area contributed by atoms with Crippen LogP contribution in [0.5, 0.6) is 11.5 Å². The Morgan fingerprint density at radius 2 is 1.90 bits per heavy atom. The van der Waals surface area contributed by atoms with Gasteiger partial charge in [0.05, 0.1) is 0 Å². The van der Waals surface area contributed by atoms with Crippen molar-refractivity contribution in [3.05, 3.63) is 35.4 Å². The zero-order valence-electron chi connectivity index (χ0n) is 12.0. The Morgan fingerprint density at radius 3 is 2.45 bits per heavy atom. The van der Waals surface area contributed by atoms with Crippen LogP contribution in [0.1, 0.15) is 15.9 Å². The van der Waals surface area contributed by atoms with Crippen LogP contribution >= 0.6 is 0 Å². The molecule has 0 bridgehead atoms. The quantitative estimate of drug-likeness (QED) is 0.844. The maximum absolute atomic E-state index is 11.3. The molecule has 0 aliphatic carbocycles. The third kappa shape index (κ3) is 2.62. The first kappa shape index (κ1) is 14.4. The van der Waals surface area contributed by atoms with E-state index in [9.17, 15) is 15.0 Å². The summed E-state index contributed by atoms with van der Waals surface area (Å²) in [5.74, 6) is -0.835. The molecule has 0 unspecified atom stereocenters. The second-order valence-corrected chi connectivity index (χ2v) is 10.2. The molecule has 0 atom stereocenters. The molecule has 0 fully saturated rings. The van der Waals surface area contributed by atoms with Crippen LogP contribution in [0.3, 0.4) is 0 Å². The molecule has 0 aliphatic rings. The Kier molecular flexibility index (Phi) is 3.48. The number of aromatic carboxylic acids is 1. The molecule has 2 rings (SSSR count). The molecule has 0 heterocycles. The van der Waals surface area contributed by atoms with E-state index in [2.05, 4.69) is 0 Å². The average Bonchev–Trinajstić information content (AvgIpc) is 2.30. The number of carboxylic acid groups (broad SMARTS) is 1. The zero-order valence-corrected chi connectivity index (χ0v) is 13.0. The van der Waals surface area contributed by atoms with E-state index in [1.807, 2.05) is 32.6 Å². The van der Waals surface area contributed by atoms with E-state index in [1.54, 1.807) is 12.1 Å². The molecule has 4 nitrogen and oxygen atoms in total. The van der Waals surface area contributed by atoms with Crippen molar-refractivity contribution in [2.45, 2.75) is 26.6 Å². The van der Waals surface area contributed by atoms with E-state index in [0.29, 0.717) is 11.1 Å². The summed E-state index contributed by atoms with van der Waals surface area (Å²) in [5, 5.41) is 20.6. The standard InChI is InChI=1S/C15H18O4Si/c1-9-6-5-7-10-13(9)12(19-20(2,3)4)8-11(14(10)16)15(17)18/h5-8,16H,1-4H3,(H,17,18). The second kappa shape index (κ2) is 4.83. The summed E-state index contributed by atoms with van der Waals surface area (Å²) in [5.41, 5.74) is 0.819. The minimum absolute atomic E-state index is 0.128. The second-order valence-electron chi connectivity index (χ2n) is 5.79. The number of fused-ring (bicyclic) bond motifs is 1. The predicted molar refractivity (Wildman–Crippen MR) is 81.3 cm³/mol. The van der Waals surface area contributed by atoms with E-state index < -0.39 is 14.3 Å². The highest BCUT2D eigenvalue weighted by Crippen LogP contribution is 2.38. The van der Waals surface area contributed by atoms with Crippen molar-refractivity contribution in [3.63, 3.8) is 0 Å². The van der Waals surface area contributed by atoms with Crippen molar-refractivity contribution in [2.24, 2.45) is 0 Å². The number of benzene rings is 2. The van der Waals surface area contributed by atoms with Crippen LogP contribution in [0.2, 0.25) is 19.6 Å². The van der Waals surface area contributed by atoms with E-state index in [-0.39, 0.29) is 11.3 Å². The summed E-state index contributed by atoms with van der Waals surface area (Å²) in [6.07, 6.45) is 0. The van der Waals surface area contributed by atoms with Crippen molar-refractivity contribution in [2.75, 3.05) is 0 Å². The van der Waals surface area contributed by atoms with E-state index in [1.165, 1.54) is 6.07 Å². The maximum Gasteiger partial charge on any atom is 0.339 e. The van der Waals surface area contributed by atoms with Gasteiger partial charge in [0.15, 0.2) is 0 Å². The van der Waals surface area contributed by atoms with Crippen LogP contribution in [0, 0.1) is 6.92 Å². The fourth-order valence-corrected chi connectivity index (χ4v) is 3.00. The topological polar surface area (TPSA) is 66.8 Å². The Labute approximate surface area is 118 Å². The van der Waals surface area contributed by atoms with Crippen molar-refractivity contribution >= 4 is 25.1 Å². The molecule has 0 spiro atoms. The van der Waals surface area contributed by atoms with Gasteiger partial charge in [-0.05, 0) is 38.2 Å². The molecule has 106 valence electrons. The van der Waals surface area contributed by atoms with Crippen LogP contribution in [-0.2, 0) is 0 Å². The van der Waals surface area contributed by atoms with Gasteiger partial charge in [-0.1, -0.05) is 18.2 Å². The molecule has 0 aromatic heterocycles. The lowest BCUT2D eigenvalue weighted by Crippen LogP contribution is -2.29. The van der Waals surface area contributed by atoms with Crippen molar-refractivity contribution in [3.8, 4) is 11.5 Å². The summed E-state index contributed by atoms with van der Waals surface area (Å²) in [4.78, 5) is 11.3. The number of rotatable bonds is 3. The molecular formula is C15H18O4Si. The molecule has 0 saturated carbocycles. The van der Waals surface area contributed by atoms with Crippen LogP contribution < -0.4 is 4.43 Å². The van der Waals surface area contributed by atoms with E-state index in [4.69, 9.17) is 4.43 Å².